The van der Waals surface area contributed by atoms with E-state index in [1.165, 1.54) is 0 Å². The van der Waals surface area contributed by atoms with Gasteiger partial charge in [0, 0.05) is 31.7 Å². The number of nitrogens with zero attached hydrogens (tertiary/aromatic N) is 2. The third-order valence-electron chi connectivity index (χ3n) is 3.74. The molecule has 0 aromatic heterocycles. The summed E-state index contributed by atoms with van der Waals surface area (Å²) in [6, 6.07) is 0.934. The summed E-state index contributed by atoms with van der Waals surface area (Å²) in [4.78, 5) is 4.66. The Bertz CT molecular complexity index is 351. The van der Waals surface area contributed by atoms with Gasteiger partial charge in [-0.05, 0) is 25.1 Å². The average molecular weight is 251 g/mol. The van der Waals surface area contributed by atoms with Crippen molar-refractivity contribution in [1.82, 2.24) is 9.80 Å². The van der Waals surface area contributed by atoms with Crippen LogP contribution in [0, 0.1) is 5.92 Å². The van der Waals surface area contributed by atoms with Crippen LogP contribution in [-0.4, -0.2) is 46.6 Å². The molecule has 2 N–H and O–H groups in total. The Labute approximate surface area is 109 Å². The van der Waals surface area contributed by atoms with Gasteiger partial charge in [0.25, 0.3) is 0 Å². The number of hydrogen-bond acceptors (Lipinski definition) is 2. The predicted octanol–water partition coefficient (Wildman–Crippen LogP) is 1.37. The quantitative estimate of drug-likeness (QED) is 0.714. The number of thiocarbonyl (C=S) groups is 1. The van der Waals surface area contributed by atoms with E-state index < -0.39 is 0 Å². The van der Waals surface area contributed by atoms with Gasteiger partial charge < -0.3 is 10.6 Å². The minimum Gasteiger partial charge on any atom is -0.376 e. The van der Waals surface area contributed by atoms with E-state index in [4.69, 9.17) is 18.0 Å². The standard InChI is InChI=1S/C13H21N3S/c1-10-5-3-4-6-12(10)15-7-8-16(13(14)17)11(2)9-15/h3-6,10-12H,7-9H2,1-2H3,(H2,14,17). The minimum atomic E-state index is 0.410. The lowest BCUT2D eigenvalue weighted by atomic mass is 9.94. The summed E-state index contributed by atoms with van der Waals surface area (Å²) in [5, 5.41) is 0.532. The highest BCUT2D eigenvalue weighted by molar-refractivity contribution is 7.80. The maximum atomic E-state index is 5.72. The average Bonchev–Trinajstić information content (AvgIpc) is 2.29. The van der Waals surface area contributed by atoms with Gasteiger partial charge in [-0.3, -0.25) is 4.90 Å². The molecule has 3 atom stereocenters. The molecule has 1 aliphatic heterocycles. The summed E-state index contributed by atoms with van der Waals surface area (Å²) < 4.78 is 0. The molecule has 0 amide bonds. The fraction of sp³-hybridized carbons (Fsp3) is 0.615. The van der Waals surface area contributed by atoms with Crippen molar-refractivity contribution in [2.75, 3.05) is 19.6 Å². The summed E-state index contributed by atoms with van der Waals surface area (Å²) in [6.07, 6.45) is 8.86. The second-order valence-electron chi connectivity index (χ2n) is 5.00. The molecule has 0 saturated carbocycles. The Kier molecular flexibility index (Phi) is 3.84. The smallest absolute Gasteiger partial charge is 0.166 e. The first-order chi connectivity index (χ1) is 8.09. The van der Waals surface area contributed by atoms with Crippen molar-refractivity contribution in [2.45, 2.75) is 25.9 Å². The Morgan fingerprint density at radius 2 is 1.94 bits per heavy atom. The van der Waals surface area contributed by atoms with E-state index in [9.17, 15) is 0 Å². The first-order valence-corrected chi connectivity index (χ1v) is 6.65. The van der Waals surface area contributed by atoms with E-state index in [-0.39, 0.29) is 0 Å². The van der Waals surface area contributed by atoms with E-state index >= 15 is 0 Å². The van der Waals surface area contributed by atoms with Crippen LogP contribution in [-0.2, 0) is 0 Å². The van der Waals surface area contributed by atoms with Gasteiger partial charge in [0.1, 0.15) is 0 Å². The molecule has 0 aromatic rings. The van der Waals surface area contributed by atoms with Crippen LogP contribution in [0.5, 0.6) is 0 Å². The van der Waals surface area contributed by atoms with Crippen molar-refractivity contribution < 1.29 is 0 Å². The lowest BCUT2D eigenvalue weighted by molar-refractivity contribution is 0.0999. The first kappa shape index (κ1) is 12.6. The highest BCUT2D eigenvalue weighted by Crippen LogP contribution is 2.21. The van der Waals surface area contributed by atoms with Crippen LogP contribution in [0.2, 0.25) is 0 Å². The molecule has 4 heteroatoms. The second kappa shape index (κ2) is 5.19. The van der Waals surface area contributed by atoms with E-state index in [0.29, 0.717) is 23.1 Å². The molecule has 94 valence electrons. The number of allylic oxidation sites excluding steroid dienone is 2. The third-order valence-corrected chi connectivity index (χ3v) is 3.97. The minimum absolute atomic E-state index is 0.410. The zero-order valence-corrected chi connectivity index (χ0v) is 11.4. The van der Waals surface area contributed by atoms with Crippen LogP contribution in [0.4, 0.5) is 0 Å². The normalized spacial score (nSPS) is 34.0. The third kappa shape index (κ3) is 2.69. The van der Waals surface area contributed by atoms with Gasteiger partial charge >= 0.3 is 0 Å². The van der Waals surface area contributed by atoms with Crippen LogP contribution >= 0.6 is 12.2 Å². The Morgan fingerprint density at radius 1 is 1.24 bits per heavy atom. The topological polar surface area (TPSA) is 32.5 Å². The van der Waals surface area contributed by atoms with E-state index in [1.807, 2.05) is 0 Å². The fourth-order valence-corrected chi connectivity index (χ4v) is 3.02. The number of rotatable bonds is 1. The summed E-state index contributed by atoms with van der Waals surface area (Å²) >= 11 is 5.07. The van der Waals surface area contributed by atoms with Crippen LogP contribution in [0.15, 0.2) is 24.3 Å². The molecule has 0 spiro atoms. The van der Waals surface area contributed by atoms with Gasteiger partial charge in [-0.2, -0.15) is 0 Å². The summed E-state index contributed by atoms with van der Waals surface area (Å²) in [6.45, 7) is 7.48. The van der Waals surface area contributed by atoms with E-state index in [0.717, 1.165) is 19.6 Å². The molecule has 0 radical (unpaired) electrons. The fourth-order valence-electron chi connectivity index (χ4n) is 2.74. The molecule has 0 aromatic carbocycles. The summed E-state index contributed by atoms with van der Waals surface area (Å²) in [7, 11) is 0. The molecule has 1 heterocycles. The molecule has 2 aliphatic rings. The van der Waals surface area contributed by atoms with Crippen molar-refractivity contribution >= 4 is 17.3 Å². The largest absolute Gasteiger partial charge is 0.376 e. The molecule has 1 fully saturated rings. The first-order valence-electron chi connectivity index (χ1n) is 6.24. The molecule has 3 nitrogen and oxygen atoms in total. The number of hydrogen-bond donors (Lipinski definition) is 1. The lowest BCUT2D eigenvalue weighted by Crippen LogP contribution is -2.58. The highest BCUT2D eigenvalue weighted by Gasteiger charge is 2.30. The van der Waals surface area contributed by atoms with E-state index in [1.54, 1.807) is 0 Å². The van der Waals surface area contributed by atoms with Gasteiger partial charge in [-0.15, -0.1) is 0 Å². The molecule has 0 bridgehead atoms. The molecular formula is C13H21N3S. The SMILES string of the molecule is CC1C=CC=CC1N1CCN(C(N)=S)C(C)C1. The van der Waals surface area contributed by atoms with Crippen LogP contribution < -0.4 is 5.73 Å². The van der Waals surface area contributed by atoms with Gasteiger partial charge in [-0.25, -0.2) is 0 Å². The molecular weight excluding hydrogens is 230 g/mol. The summed E-state index contributed by atoms with van der Waals surface area (Å²) in [5.41, 5.74) is 5.72. The Morgan fingerprint density at radius 3 is 2.53 bits per heavy atom. The van der Waals surface area contributed by atoms with Gasteiger partial charge in [0.05, 0.1) is 0 Å². The second-order valence-corrected chi connectivity index (χ2v) is 5.41. The Hall–Kier alpha value is -0.870. The highest BCUT2D eigenvalue weighted by atomic mass is 32.1. The molecule has 1 saturated heterocycles. The molecule has 3 unspecified atom stereocenters. The monoisotopic (exact) mass is 251 g/mol. The van der Waals surface area contributed by atoms with Crippen LogP contribution in [0.1, 0.15) is 13.8 Å². The molecule has 17 heavy (non-hydrogen) atoms. The summed E-state index contributed by atoms with van der Waals surface area (Å²) in [5.74, 6) is 0.587. The van der Waals surface area contributed by atoms with Crippen molar-refractivity contribution in [2.24, 2.45) is 11.7 Å². The van der Waals surface area contributed by atoms with Crippen molar-refractivity contribution in [3.05, 3.63) is 24.3 Å². The Balaban J connectivity index is 1.99. The zero-order chi connectivity index (χ0) is 12.4. The van der Waals surface area contributed by atoms with Crippen molar-refractivity contribution in [3.63, 3.8) is 0 Å². The predicted molar refractivity (Wildman–Crippen MR) is 75.8 cm³/mol. The molecule has 2 rings (SSSR count). The van der Waals surface area contributed by atoms with Gasteiger partial charge in [0.2, 0.25) is 0 Å². The number of nitrogens with two attached hydrogens (primary N) is 1. The van der Waals surface area contributed by atoms with Crippen molar-refractivity contribution in [1.29, 1.82) is 0 Å². The maximum absolute atomic E-state index is 5.72. The zero-order valence-electron chi connectivity index (χ0n) is 10.5. The lowest BCUT2D eigenvalue weighted by Gasteiger charge is -2.44. The van der Waals surface area contributed by atoms with Crippen molar-refractivity contribution in [3.8, 4) is 0 Å². The van der Waals surface area contributed by atoms with E-state index in [2.05, 4.69) is 48.0 Å². The van der Waals surface area contributed by atoms with Crippen LogP contribution in [0.25, 0.3) is 0 Å². The molecule has 1 aliphatic carbocycles. The van der Waals surface area contributed by atoms with Crippen LogP contribution in [0.3, 0.4) is 0 Å². The van der Waals surface area contributed by atoms with Gasteiger partial charge in [0.15, 0.2) is 5.11 Å². The number of piperazine rings is 1. The van der Waals surface area contributed by atoms with Gasteiger partial charge in [-0.1, -0.05) is 31.2 Å². The maximum Gasteiger partial charge on any atom is 0.166 e.